The highest BCUT2D eigenvalue weighted by Crippen LogP contribution is 2.14. The number of nitrogens with one attached hydrogen (secondary N) is 1. The molecular weight excluding hydrogens is 188 g/mol. The van der Waals surface area contributed by atoms with E-state index in [9.17, 15) is 4.79 Å². The molecular formula is C12H22N2O. The fraction of sp³-hybridized carbons (Fsp3) is 0.750. The maximum absolute atomic E-state index is 12.1. The van der Waals surface area contributed by atoms with Gasteiger partial charge in [0, 0.05) is 31.2 Å². The summed E-state index contributed by atoms with van der Waals surface area (Å²) in [7, 11) is 0. The zero-order valence-corrected chi connectivity index (χ0v) is 10.3. The van der Waals surface area contributed by atoms with E-state index in [1.54, 1.807) is 0 Å². The number of rotatable bonds is 4. The van der Waals surface area contributed by atoms with Crippen molar-refractivity contribution >= 4 is 5.91 Å². The molecule has 1 N–H and O–H groups in total. The highest BCUT2D eigenvalue weighted by molar-refractivity contribution is 5.94. The van der Waals surface area contributed by atoms with E-state index in [-0.39, 0.29) is 5.91 Å². The molecule has 1 fully saturated rings. The molecule has 15 heavy (non-hydrogen) atoms. The van der Waals surface area contributed by atoms with Crippen LogP contribution < -0.4 is 5.32 Å². The summed E-state index contributed by atoms with van der Waals surface area (Å²) >= 11 is 0. The largest absolute Gasteiger partial charge is 0.337 e. The van der Waals surface area contributed by atoms with Crippen molar-refractivity contribution in [2.24, 2.45) is 0 Å². The number of likely N-dealkylation sites (N-methyl/N-ethyl adjacent to an activating group) is 1. The van der Waals surface area contributed by atoms with Crippen LogP contribution in [0.1, 0.15) is 34.1 Å². The maximum Gasteiger partial charge on any atom is 0.249 e. The van der Waals surface area contributed by atoms with Crippen molar-refractivity contribution < 1.29 is 4.79 Å². The average Bonchev–Trinajstić information content (AvgIpc) is 2.15. The predicted molar refractivity (Wildman–Crippen MR) is 62.7 cm³/mol. The maximum atomic E-state index is 12.1. The van der Waals surface area contributed by atoms with E-state index in [1.807, 2.05) is 18.7 Å². The monoisotopic (exact) mass is 210 g/mol. The molecule has 0 aromatic carbocycles. The van der Waals surface area contributed by atoms with Crippen molar-refractivity contribution in [1.82, 2.24) is 10.2 Å². The van der Waals surface area contributed by atoms with Gasteiger partial charge in [0.05, 0.1) is 0 Å². The van der Waals surface area contributed by atoms with Crippen LogP contribution in [0, 0.1) is 0 Å². The minimum Gasteiger partial charge on any atom is -0.337 e. The zero-order chi connectivity index (χ0) is 11.4. The topological polar surface area (TPSA) is 32.3 Å². The van der Waals surface area contributed by atoms with Crippen LogP contribution in [0.2, 0.25) is 0 Å². The fourth-order valence-corrected chi connectivity index (χ4v) is 1.76. The Kier molecular flexibility index (Phi) is 4.33. The summed E-state index contributed by atoms with van der Waals surface area (Å²) < 4.78 is 0. The van der Waals surface area contributed by atoms with E-state index in [2.05, 4.69) is 19.2 Å². The van der Waals surface area contributed by atoms with E-state index < -0.39 is 0 Å². The summed E-state index contributed by atoms with van der Waals surface area (Å²) in [6.07, 6.45) is 1.01. The average molecular weight is 210 g/mol. The van der Waals surface area contributed by atoms with Crippen LogP contribution in [0.4, 0.5) is 0 Å². The van der Waals surface area contributed by atoms with Crippen molar-refractivity contribution in [2.75, 3.05) is 19.6 Å². The summed E-state index contributed by atoms with van der Waals surface area (Å²) in [6, 6.07) is 0.339. The molecule has 0 saturated carbocycles. The molecule has 1 saturated heterocycles. The van der Waals surface area contributed by atoms with Gasteiger partial charge in [0.25, 0.3) is 0 Å². The van der Waals surface area contributed by atoms with Crippen LogP contribution in [-0.4, -0.2) is 36.5 Å². The molecule has 0 aromatic heterocycles. The van der Waals surface area contributed by atoms with Gasteiger partial charge in [-0.25, -0.2) is 0 Å². The van der Waals surface area contributed by atoms with Gasteiger partial charge in [-0.3, -0.25) is 4.79 Å². The van der Waals surface area contributed by atoms with Crippen molar-refractivity contribution in [3.05, 3.63) is 11.1 Å². The van der Waals surface area contributed by atoms with Gasteiger partial charge in [0.1, 0.15) is 0 Å². The van der Waals surface area contributed by atoms with Gasteiger partial charge in [-0.05, 0) is 32.8 Å². The summed E-state index contributed by atoms with van der Waals surface area (Å²) in [5, 5.41) is 3.17. The molecule has 0 spiro atoms. The molecule has 1 aliphatic heterocycles. The van der Waals surface area contributed by atoms with E-state index in [1.165, 1.54) is 5.57 Å². The van der Waals surface area contributed by atoms with Gasteiger partial charge in [0.2, 0.25) is 5.91 Å². The number of carbonyl (C=O) groups excluding carboxylic acids is 1. The van der Waals surface area contributed by atoms with Crippen LogP contribution in [0.5, 0.6) is 0 Å². The van der Waals surface area contributed by atoms with Gasteiger partial charge in [-0.2, -0.15) is 0 Å². The number of hydrogen-bond donors (Lipinski definition) is 1. The quantitative estimate of drug-likeness (QED) is 0.714. The zero-order valence-electron chi connectivity index (χ0n) is 10.3. The lowest BCUT2D eigenvalue weighted by atomic mass is 10.0. The lowest BCUT2D eigenvalue weighted by Gasteiger charge is -2.30. The lowest BCUT2D eigenvalue weighted by Crippen LogP contribution is -2.42. The lowest BCUT2D eigenvalue weighted by molar-refractivity contribution is -0.129. The minimum atomic E-state index is 0.211. The van der Waals surface area contributed by atoms with Crippen molar-refractivity contribution in [3.63, 3.8) is 0 Å². The van der Waals surface area contributed by atoms with E-state index >= 15 is 0 Å². The summed E-state index contributed by atoms with van der Waals surface area (Å²) in [5.74, 6) is 0.211. The Bertz CT molecular complexity index is 265. The Morgan fingerprint density at radius 1 is 1.47 bits per heavy atom. The van der Waals surface area contributed by atoms with Crippen LogP contribution in [-0.2, 0) is 4.79 Å². The van der Waals surface area contributed by atoms with Gasteiger partial charge >= 0.3 is 0 Å². The van der Waals surface area contributed by atoms with Crippen LogP contribution in [0.3, 0.4) is 0 Å². The molecule has 0 radical (unpaired) electrons. The van der Waals surface area contributed by atoms with Crippen molar-refractivity contribution in [2.45, 2.75) is 40.2 Å². The van der Waals surface area contributed by atoms with Crippen LogP contribution >= 0.6 is 0 Å². The molecule has 1 amide bonds. The molecule has 3 nitrogen and oxygen atoms in total. The van der Waals surface area contributed by atoms with Crippen LogP contribution in [0.15, 0.2) is 11.1 Å². The molecule has 86 valence electrons. The Balaban J connectivity index is 2.72. The van der Waals surface area contributed by atoms with Crippen LogP contribution in [0.25, 0.3) is 0 Å². The summed E-state index contributed by atoms with van der Waals surface area (Å²) in [5.41, 5.74) is 2.21. The van der Waals surface area contributed by atoms with Gasteiger partial charge in [-0.15, -0.1) is 0 Å². The molecule has 0 aliphatic carbocycles. The first-order valence-electron chi connectivity index (χ1n) is 5.82. The SMILES string of the molecule is CCC(C)N(CC)C(=O)C(C)=C1CNC1. The minimum absolute atomic E-state index is 0.211. The van der Waals surface area contributed by atoms with E-state index in [0.29, 0.717) is 6.04 Å². The third-order valence-corrected chi connectivity index (χ3v) is 3.25. The number of carbonyl (C=O) groups is 1. The molecule has 1 heterocycles. The van der Waals surface area contributed by atoms with E-state index in [4.69, 9.17) is 0 Å². The summed E-state index contributed by atoms with van der Waals surface area (Å²) in [6.45, 7) is 10.8. The standard InChI is InChI=1S/C12H22N2O/c1-5-9(3)14(6-2)12(15)10(4)11-7-13-8-11/h9,13H,5-8H2,1-4H3. The second-order valence-corrected chi connectivity index (χ2v) is 4.18. The first kappa shape index (κ1) is 12.2. The smallest absolute Gasteiger partial charge is 0.249 e. The van der Waals surface area contributed by atoms with Gasteiger partial charge in [-0.1, -0.05) is 6.92 Å². The first-order valence-corrected chi connectivity index (χ1v) is 5.82. The molecule has 0 aromatic rings. The third-order valence-electron chi connectivity index (χ3n) is 3.25. The van der Waals surface area contributed by atoms with Crippen molar-refractivity contribution in [3.8, 4) is 0 Å². The summed E-state index contributed by atoms with van der Waals surface area (Å²) in [4.78, 5) is 14.1. The third kappa shape index (κ3) is 2.59. The Morgan fingerprint density at radius 2 is 2.07 bits per heavy atom. The van der Waals surface area contributed by atoms with Crippen molar-refractivity contribution in [1.29, 1.82) is 0 Å². The molecule has 1 rings (SSSR count). The number of hydrogen-bond acceptors (Lipinski definition) is 2. The predicted octanol–water partition coefficient (Wildman–Crippen LogP) is 1.55. The Labute approximate surface area is 92.5 Å². The fourth-order valence-electron chi connectivity index (χ4n) is 1.76. The second-order valence-electron chi connectivity index (χ2n) is 4.18. The normalized spacial score (nSPS) is 16.9. The van der Waals surface area contributed by atoms with Gasteiger partial charge < -0.3 is 10.2 Å². The highest BCUT2D eigenvalue weighted by atomic mass is 16.2. The molecule has 1 atom stereocenters. The molecule has 3 heteroatoms. The Hall–Kier alpha value is -0.830. The first-order chi connectivity index (χ1) is 7.11. The van der Waals surface area contributed by atoms with E-state index in [0.717, 1.165) is 31.6 Å². The van der Waals surface area contributed by atoms with Gasteiger partial charge in [0.15, 0.2) is 0 Å². The second kappa shape index (κ2) is 5.31. The highest BCUT2D eigenvalue weighted by Gasteiger charge is 2.22. The molecule has 0 bridgehead atoms. The Morgan fingerprint density at radius 3 is 2.40 bits per heavy atom. The molecule has 1 unspecified atom stereocenters. The number of amides is 1. The molecule has 1 aliphatic rings. The number of nitrogens with zero attached hydrogens (tertiary/aromatic N) is 1.